The van der Waals surface area contributed by atoms with Crippen molar-refractivity contribution in [2.75, 3.05) is 13.1 Å². The van der Waals surface area contributed by atoms with Gasteiger partial charge in [0.15, 0.2) is 0 Å². The molecule has 2 amide bonds. The van der Waals surface area contributed by atoms with E-state index < -0.39 is 0 Å². The fraction of sp³-hybridized carbons (Fsp3) is 0.346. The molecule has 1 unspecified atom stereocenters. The van der Waals surface area contributed by atoms with Crippen LogP contribution in [0, 0.1) is 11.7 Å². The Kier molecular flexibility index (Phi) is 7.50. The molecule has 3 aromatic rings. The van der Waals surface area contributed by atoms with Gasteiger partial charge in [-0.3, -0.25) is 14.3 Å². The molecule has 2 heterocycles. The van der Waals surface area contributed by atoms with Gasteiger partial charge in [-0.1, -0.05) is 48.5 Å². The number of amides is 2. The van der Waals surface area contributed by atoms with Crippen molar-refractivity contribution < 1.29 is 14.0 Å². The van der Waals surface area contributed by atoms with Crippen LogP contribution in [0.25, 0.3) is 0 Å². The van der Waals surface area contributed by atoms with Crippen molar-refractivity contribution in [3.05, 3.63) is 89.5 Å². The summed E-state index contributed by atoms with van der Waals surface area (Å²) < 4.78 is 15.5. The van der Waals surface area contributed by atoms with Gasteiger partial charge in [-0.2, -0.15) is 5.10 Å². The zero-order valence-corrected chi connectivity index (χ0v) is 18.6. The molecule has 172 valence electrons. The van der Waals surface area contributed by atoms with Crippen molar-refractivity contribution in [3.63, 3.8) is 0 Å². The second-order valence-corrected chi connectivity index (χ2v) is 8.58. The first-order chi connectivity index (χ1) is 16.1. The van der Waals surface area contributed by atoms with E-state index in [0.29, 0.717) is 37.1 Å². The minimum atomic E-state index is -0.314. The summed E-state index contributed by atoms with van der Waals surface area (Å²) in [5.41, 5.74) is 2.20. The third-order valence-electron chi connectivity index (χ3n) is 6.09. The maximum atomic E-state index is 13.7. The Balaban J connectivity index is 1.24. The SMILES string of the molecule is O=C(CCC1CCCN(C(=O)c2cnn(Cc3ccccc3)c2)C1)NCc1ccccc1F. The Bertz CT molecular complexity index is 1080. The van der Waals surface area contributed by atoms with Crippen molar-refractivity contribution in [3.8, 4) is 0 Å². The van der Waals surface area contributed by atoms with Gasteiger partial charge in [0.1, 0.15) is 5.82 Å². The van der Waals surface area contributed by atoms with E-state index >= 15 is 0 Å². The molecule has 1 atom stereocenters. The van der Waals surface area contributed by atoms with Gasteiger partial charge in [0.25, 0.3) is 5.91 Å². The molecule has 0 radical (unpaired) electrons. The van der Waals surface area contributed by atoms with E-state index in [-0.39, 0.29) is 30.1 Å². The molecular weight excluding hydrogens is 419 g/mol. The van der Waals surface area contributed by atoms with Gasteiger partial charge in [-0.15, -0.1) is 0 Å². The van der Waals surface area contributed by atoms with Crippen LogP contribution in [0.5, 0.6) is 0 Å². The van der Waals surface area contributed by atoms with Crippen molar-refractivity contribution in [2.24, 2.45) is 5.92 Å². The number of halogens is 1. The van der Waals surface area contributed by atoms with Crippen molar-refractivity contribution in [1.29, 1.82) is 0 Å². The van der Waals surface area contributed by atoms with Crippen LogP contribution in [0.4, 0.5) is 4.39 Å². The van der Waals surface area contributed by atoms with Gasteiger partial charge >= 0.3 is 0 Å². The molecule has 1 N–H and O–H groups in total. The number of benzene rings is 2. The third-order valence-corrected chi connectivity index (χ3v) is 6.09. The average molecular weight is 449 g/mol. The highest BCUT2D eigenvalue weighted by Gasteiger charge is 2.25. The molecule has 7 heteroatoms. The summed E-state index contributed by atoms with van der Waals surface area (Å²) in [6.07, 6.45) is 6.43. The molecule has 4 rings (SSSR count). The molecule has 1 fully saturated rings. The van der Waals surface area contributed by atoms with Crippen molar-refractivity contribution in [2.45, 2.75) is 38.8 Å². The lowest BCUT2D eigenvalue weighted by Gasteiger charge is -2.32. The Morgan fingerprint density at radius 3 is 2.70 bits per heavy atom. The predicted octanol–water partition coefficient (Wildman–Crippen LogP) is 4.02. The van der Waals surface area contributed by atoms with Crippen molar-refractivity contribution in [1.82, 2.24) is 20.0 Å². The van der Waals surface area contributed by atoms with Gasteiger partial charge in [0.05, 0.1) is 18.3 Å². The van der Waals surface area contributed by atoms with Gasteiger partial charge in [-0.05, 0) is 36.8 Å². The van der Waals surface area contributed by atoms with Crippen LogP contribution in [0.1, 0.15) is 47.2 Å². The molecule has 0 aliphatic carbocycles. The number of carbonyl (C=O) groups is 2. The summed E-state index contributed by atoms with van der Waals surface area (Å²) in [4.78, 5) is 27.1. The number of nitrogens with one attached hydrogen (secondary N) is 1. The van der Waals surface area contributed by atoms with Crippen LogP contribution in [-0.2, 0) is 17.9 Å². The molecule has 1 aliphatic rings. The lowest BCUT2D eigenvalue weighted by Crippen LogP contribution is -2.40. The summed E-state index contributed by atoms with van der Waals surface area (Å²) in [5, 5.41) is 7.14. The highest BCUT2D eigenvalue weighted by Crippen LogP contribution is 2.22. The zero-order valence-electron chi connectivity index (χ0n) is 18.6. The molecule has 0 bridgehead atoms. The maximum Gasteiger partial charge on any atom is 0.257 e. The van der Waals surface area contributed by atoms with E-state index in [0.717, 1.165) is 24.9 Å². The predicted molar refractivity (Wildman–Crippen MR) is 124 cm³/mol. The van der Waals surface area contributed by atoms with E-state index in [1.165, 1.54) is 6.07 Å². The molecule has 1 aromatic heterocycles. The first-order valence-electron chi connectivity index (χ1n) is 11.4. The number of piperidine rings is 1. The molecule has 1 saturated heterocycles. The number of hydrogen-bond donors (Lipinski definition) is 1. The minimum absolute atomic E-state index is 0.0111. The molecule has 0 spiro atoms. The summed E-state index contributed by atoms with van der Waals surface area (Å²) in [5.74, 6) is -0.139. The lowest BCUT2D eigenvalue weighted by atomic mass is 9.93. The largest absolute Gasteiger partial charge is 0.352 e. The Hall–Kier alpha value is -3.48. The van der Waals surface area contributed by atoms with Gasteiger partial charge < -0.3 is 10.2 Å². The van der Waals surface area contributed by atoms with E-state index in [4.69, 9.17) is 0 Å². The van der Waals surface area contributed by atoms with Gasteiger partial charge in [0.2, 0.25) is 5.91 Å². The Morgan fingerprint density at radius 1 is 1.09 bits per heavy atom. The molecule has 6 nitrogen and oxygen atoms in total. The van der Waals surface area contributed by atoms with Crippen LogP contribution in [0.3, 0.4) is 0 Å². The van der Waals surface area contributed by atoms with Crippen molar-refractivity contribution >= 4 is 11.8 Å². The highest BCUT2D eigenvalue weighted by molar-refractivity contribution is 5.93. The number of hydrogen-bond acceptors (Lipinski definition) is 3. The molecule has 33 heavy (non-hydrogen) atoms. The summed E-state index contributed by atoms with van der Waals surface area (Å²) in [6.45, 7) is 2.18. The van der Waals surface area contributed by atoms with Crippen LogP contribution in [-0.4, -0.2) is 39.6 Å². The first-order valence-corrected chi connectivity index (χ1v) is 11.4. The molecule has 2 aromatic carbocycles. The van der Waals surface area contributed by atoms with Gasteiger partial charge in [0, 0.05) is 37.8 Å². The molecule has 1 aliphatic heterocycles. The van der Waals surface area contributed by atoms with E-state index in [2.05, 4.69) is 10.4 Å². The molecular formula is C26H29FN4O2. The second-order valence-electron chi connectivity index (χ2n) is 8.58. The van der Waals surface area contributed by atoms with E-state index in [1.807, 2.05) is 35.2 Å². The summed E-state index contributed by atoms with van der Waals surface area (Å²) >= 11 is 0. The Labute approximate surface area is 193 Å². The maximum absolute atomic E-state index is 13.7. The fourth-order valence-corrected chi connectivity index (χ4v) is 4.26. The molecule has 0 saturated carbocycles. The number of carbonyl (C=O) groups excluding carboxylic acids is 2. The number of nitrogens with zero attached hydrogens (tertiary/aromatic N) is 3. The van der Waals surface area contributed by atoms with E-state index in [1.54, 1.807) is 35.3 Å². The number of aromatic nitrogens is 2. The average Bonchev–Trinajstić information content (AvgIpc) is 3.31. The first kappa shape index (κ1) is 22.7. The Morgan fingerprint density at radius 2 is 1.88 bits per heavy atom. The summed E-state index contributed by atoms with van der Waals surface area (Å²) in [6, 6.07) is 16.5. The van der Waals surface area contributed by atoms with E-state index in [9.17, 15) is 14.0 Å². The number of likely N-dealkylation sites (tertiary alicyclic amines) is 1. The quantitative estimate of drug-likeness (QED) is 0.566. The van der Waals surface area contributed by atoms with Crippen LogP contribution in [0.2, 0.25) is 0 Å². The smallest absolute Gasteiger partial charge is 0.257 e. The van der Waals surface area contributed by atoms with Crippen LogP contribution < -0.4 is 5.32 Å². The number of rotatable bonds is 8. The fourth-order valence-electron chi connectivity index (χ4n) is 4.26. The van der Waals surface area contributed by atoms with Crippen LogP contribution in [0.15, 0.2) is 67.0 Å². The zero-order chi connectivity index (χ0) is 23.0. The minimum Gasteiger partial charge on any atom is -0.352 e. The normalized spacial score (nSPS) is 15.9. The summed E-state index contributed by atoms with van der Waals surface area (Å²) in [7, 11) is 0. The highest BCUT2D eigenvalue weighted by atomic mass is 19.1. The standard InChI is InChI=1S/C26H29FN4O2/c27-24-11-5-4-10-22(24)15-28-25(32)13-12-21-9-6-14-30(17-21)26(33)23-16-29-31(19-23)18-20-7-2-1-3-8-20/h1-5,7-8,10-11,16,19,21H,6,9,12-15,17-18H2,(H,28,32). The monoisotopic (exact) mass is 448 g/mol. The topological polar surface area (TPSA) is 67.2 Å². The second kappa shape index (κ2) is 10.9. The van der Waals surface area contributed by atoms with Crippen LogP contribution >= 0.6 is 0 Å². The van der Waals surface area contributed by atoms with Gasteiger partial charge in [-0.25, -0.2) is 4.39 Å². The lowest BCUT2D eigenvalue weighted by molar-refractivity contribution is -0.121. The third kappa shape index (κ3) is 6.28.